The second-order valence-electron chi connectivity index (χ2n) is 4.20. The fraction of sp³-hybridized carbons (Fsp3) is 0.500. The molecule has 1 amide bonds. The van der Waals surface area contributed by atoms with E-state index in [1.165, 1.54) is 0 Å². The second-order valence-corrected chi connectivity index (χ2v) is 5.01. The molecule has 1 aromatic rings. The van der Waals surface area contributed by atoms with E-state index >= 15 is 0 Å². The van der Waals surface area contributed by atoms with Gasteiger partial charge in [0.2, 0.25) is 0 Å². The van der Waals surface area contributed by atoms with Crippen LogP contribution in [-0.2, 0) is 0 Å². The summed E-state index contributed by atoms with van der Waals surface area (Å²) in [5.74, 6) is -0.0156. The number of rotatable bonds is 5. The third kappa shape index (κ3) is 4.83. The van der Waals surface area contributed by atoms with Gasteiger partial charge in [0, 0.05) is 6.54 Å². The van der Waals surface area contributed by atoms with Gasteiger partial charge >= 0.3 is 0 Å². The maximum atomic E-state index is 11.7. The topological polar surface area (TPSA) is 62.2 Å². The summed E-state index contributed by atoms with van der Waals surface area (Å²) in [6.45, 7) is 4.34. The summed E-state index contributed by atoms with van der Waals surface area (Å²) >= 11 is 3.21. The molecule has 1 unspecified atom stereocenters. The fourth-order valence-corrected chi connectivity index (χ4v) is 1.64. The summed E-state index contributed by atoms with van der Waals surface area (Å²) in [5.41, 5.74) is 0.374. The van der Waals surface area contributed by atoms with E-state index in [2.05, 4.69) is 26.2 Å². The van der Waals surface area contributed by atoms with Gasteiger partial charge in [-0.2, -0.15) is 0 Å². The first-order valence-electron chi connectivity index (χ1n) is 5.59. The Hall–Kier alpha value is -0.940. The van der Waals surface area contributed by atoms with E-state index in [1.54, 1.807) is 18.2 Å². The maximum absolute atomic E-state index is 11.7. The molecule has 94 valence electrons. The summed E-state index contributed by atoms with van der Waals surface area (Å²) in [4.78, 5) is 15.7. The van der Waals surface area contributed by atoms with E-state index in [0.717, 1.165) is 0 Å². The van der Waals surface area contributed by atoms with Gasteiger partial charge in [-0.1, -0.05) is 19.9 Å². The Bertz CT molecular complexity index is 383. The zero-order chi connectivity index (χ0) is 12.8. The van der Waals surface area contributed by atoms with Crippen molar-refractivity contribution in [2.24, 2.45) is 5.92 Å². The summed E-state index contributed by atoms with van der Waals surface area (Å²) in [6, 6.07) is 5.17. The third-order valence-corrected chi connectivity index (χ3v) is 2.88. The first-order chi connectivity index (χ1) is 8.00. The number of carbonyl (C=O) groups is 1. The van der Waals surface area contributed by atoms with Gasteiger partial charge in [0.05, 0.1) is 6.10 Å². The number of nitrogens with zero attached hydrogens (tertiary/aromatic N) is 1. The van der Waals surface area contributed by atoms with Gasteiger partial charge in [-0.3, -0.25) is 4.79 Å². The molecular formula is C12H17BrN2O2. The predicted molar refractivity (Wildman–Crippen MR) is 69.7 cm³/mol. The minimum absolute atomic E-state index is 0.205. The largest absolute Gasteiger partial charge is 0.393 e. The van der Waals surface area contributed by atoms with Crippen LogP contribution in [0.2, 0.25) is 0 Å². The highest BCUT2D eigenvalue weighted by atomic mass is 79.9. The minimum Gasteiger partial charge on any atom is -0.393 e. The number of pyridine rings is 1. The van der Waals surface area contributed by atoms with E-state index in [-0.39, 0.29) is 17.9 Å². The van der Waals surface area contributed by atoms with E-state index in [0.29, 0.717) is 23.3 Å². The Balaban J connectivity index is 2.40. The van der Waals surface area contributed by atoms with Crippen LogP contribution < -0.4 is 5.32 Å². The molecule has 0 aliphatic rings. The number of hydrogen-bond donors (Lipinski definition) is 2. The van der Waals surface area contributed by atoms with Gasteiger partial charge in [0.25, 0.3) is 5.91 Å². The number of carbonyl (C=O) groups excluding carboxylic acids is 1. The lowest BCUT2D eigenvalue weighted by molar-refractivity contribution is 0.0915. The Kier molecular flexibility index (Phi) is 5.58. The number of aliphatic hydroxyl groups is 1. The van der Waals surface area contributed by atoms with Crippen LogP contribution in [0.25, 0.3) is 0 Å². The highest BCUT2D eigenvalue weighted by molar-refractivity contribution is 9.10. The van der Waals surface area contributed by atoms with Crippen molar-refractivity contribution in [1.29, 1.82) is 0 Å². The van der Waals surface area contributed by atoms with Crippen LogP contribution in [0.3, 0.4) is 0 Å². The molecule has 1 rings (SSSR count). The zero-order valence-corrected chi connectivity index (χ0v) is 11.6. The highest BCUT2D eigenvalue weighted by Crippen LogP contribution is 2.07. The van der Waals surface area contributed by atoms with Crippen LogP contribution >= 0.6 is 15.9 Å². The van der Waals surface area contributed by atoms with E-state index in [9.17, 15) is 9.90 Å². The molecule has 1 heterocycles. The van der Waals surface area contributed by atoms with Crippen molar-refractivity contribution in [2.75, 3.05) is 6.54 Å². The molecule has 0 aromatic carbocycles. The molecule has 1 aromatic heterocycles. The Labute approximate surface area is 110 Å². The normalized spacial score (nSPS) is 12.5. The lowest BCUT2D eigenvalue weighted by Crippen LogP contribution is -2.29. The first kappa shape index (κ1) is 14.1. The summed E-state index contributed by atoms with van der Waals surface area (Å²) < 4.78 is 0.632. The number of hydrogen-bond acceptors (Lipinski definition) is 3. The van der Waals surface area contributed by atoms with Crippen molar-refractivity contribution >= 4 is 21.8 Å². The molecule has 17 heavy (non-hydrogen) atoms. The van der Waals surface area contributed by atoms with Crippen molar-refractivity contribution in [1.82, 2.24) is 10.3 Å². The van der Waals surface area contributed by atoms with Crippen molar-refractivity contribution in [2.45, 2.75) is 26.4 Å². The van der Waals surface area contributed by atoms with Gasteiger partial charge in [-0.05, 0) is 40.4 Å². The maximum Gasteiger partial charge on any atom is 0.269 e. The molecule has 0 saturated carbocycles. The van der Waals surface area contributed by atoms with Crippen molar-refractivity contribution in [3.63, 3.8) is 0 Å². The van der Waals surface area contributed by atoms with E-state index < -0.39 is 0 Å². The van der Waals surface area contributed by atoms with E-state index in [1.807, 2.05) is 13.8 Å². The number of aliphatic hydroxyl groups excluding tert-OH is 1. The van der Waals surface area contributed by atoms with Crippen LogP contribution in [0.4, 0.5) is 0 Å². The number of aromatic nitrogens is 1. The fourth-order valence-electron chi connectivity index (χ4n) is 1.29. The Morgan fingerprint density at radius 3 is 2.82 bits per heavy atom. The van der Waals surface area contributed by atoms with Crippen LogP contribution in [0.5, 0.6) is 0 Å². The Morgan fingerprint density at radius 1 is 1.53 bits per heavy atom. The predicted octanol–water partition coefficient (Wildman–Crippen LogP) is 1.98. The molecule has 4 nitrogen and oxygen atoms in total. The zero-order valence-electron chi connectivity index (χ0n) is 9.98. The smallest absolute Gasteiger partial charge is 0.269 e. The molecule has 1 atom stereocenters. The summed E-state index contributed by atoms with van der Waals surface area (Å²) in [6.07, 6.45) is 0.169. The molecule has 5 heteroatoms. The second kappa shape index (κ2) is 6.71. The van der Waals surface area contributed by atoms with Crippen LogP contribution in [0.1, 0.15) is 30.8 Å². The molecule has 0 spiro atoms. The molecule has 0 radical (unpaired) electrons. The van der Waals surface area contributed by atoms with E-state index in [4.69, 9.17) is 0 Å². The third-order valence-electron chi connectivity index (χ3n) is 2.44. The molecule has 0 saturated heterocycles. The highest BCUT2D eigenvalue weighted by Gasteiger charge is 2.11. The van der Waals surface area contributed by atoms with Gasteiger partial charge in [-0.25, -0.2) is 4.98 Å². The molecule has 0 fully saturated rings. The van der Waals surface area contributed by atoms with Crippen LogP contribution in [0, 0.1) is 5.92 Å². The van der Waals surface area contributed by atoms with Crippen LogP contribution in [-0.4, -0.2) is 28.6 Å². The van der Waals surface area contributed by atoms with Crippen LogP contribution in [0.15, 0.2) is 22.8 Å². The summed E-state index contributed by atoms with van der Waals surface area (Å²) in [7, 11) is 0. The monoisotopic (exact) mass is 300 g/mol. The first-order valence-corrected chi connectivity index (χ1v) is 6.39. The minimum atomic E-state index is -0.384. The lowest BCUT2D eigenvalue weighted by atomic mass is 10.0. The number of halogens is 1. The number of nitrogens with one attached hydrogen (secondary N) is 1. The van der Waals surface area contributed by atoms with Crippen molar-refractivity contribution in [3.05, 3.63) is 28.5 Å². The lowest BCUT2D eigenvalue weighted by Gasteiger charge is -2.14. The molecule has 2 N–H and O–H groups in total. The van der Waals surface area contributed by atoms with Crippen molar-refractivity contribution in [3.8, 4) is 0 Å². The van der Waals surface area contributed by atoms with Gasteiger partial charge in [-0.15, -0.1) is 0 Å². The van der Waals surface area contributed by atoms with Crippen molar-refractivity contribution < 1.29 is 9.90 Å². The SMILES string of the molecule is CC(C)C(O)CCNC(=O)c1cccc(Br)n1. The van der Waals surface area contributed by atoms with Gasteiger partial charge in [0.15, 0.2) is 0 Å². The van der Waals surface area contributed by atoms with Gasteiger partial charge < -0.3 is 10.4 Å². The average Bonchev–Trinajstić information content (AvgIpc) is 2.28. The standard InChI is InChI=1S/C12H17BrN2O2/c1-8(2)10(16)6-7-14-12(17)9-4-3-5-11(13)15-9/h3-5,8,10,16H,6-7H2,1-2H3,(H,14,17). The number of amides is 1. The van der Waals surface area contributed by atoms with Gasteiger partial charge in [0.1, 0.15) is 10.3 Å². The molecule has 0 aliphatic heterocycles. The molecule has 0 aliphatic carbocycles. The average molecular weight is 301 g/mol. The molecule has 0 bridgehead atoms. The molecular weight excluding hydrogens is 284 g/mol. The quantitative estimate of drug-likeness (QED) is 0.818. The Morgan fingerprint density at radius 2 is 2.24 bits per heavy atom. The summed E-state index contributed by atoms with van der Waals surface area (Å²) in [5, 5.41) is 12.3.